The van der Waals surface area contributed by atoms with Gasteiger partial charge in [-0.15, -0.1) is 0 Å². The first-order valence-corrected chi connectivity index (χ1v) is 6.27. The Morgan fingerprint density at radius 1 is 0.889 bits per heavy atom. The van der Waals surface area contributed by atoms with Gasteiger partial charge in [0.15, 0.2) is 0 Å². The third-order valence-electron chi connectivity index (χ3n) is 3.68. The maximum Gasteiger partial charge on any atom is 0.0488 e. The van der Waals surface area contributed by atoms with Gasteiger partial charge in [0, 0.05) is 24.0 Å². The molecule has 1 heteroatoms. The molecule has 0 fully saturated rings. The highest BCUT2D eigenvalue weighted by Gasteiger charge is 2.16. The minimum atomic E-state index is 0.946. The first-order valence-electron chi connectivity index (χ1n) is 6.27. The normalized spacial score (nSPS) is 18.2. The van der Waals surface area contributed by atoms with Crippen molar-refractivity contribution < 1.29 is 0 Å². The summed E-state index contributed by atoms with van der Waals surface area (Å²) in [7, 11) is 0. The molecule has 4 rings (SSSR count). The van der Waals surface area contributed by atoms with Gasteiger partial charge in [-0.3, -0.25) is 0 Å². The van der Waals surface area contributed by atoms with Gasteiger partial charge in [-0.2, -0.15) is 0 Å². The number of hydrogen-bond acceptors (Lipinski definition) is 1. The predicted molar refractivity (Wildman–Crippen MR) is 76.6 cm³/mol. The molecule has 86 valence electrons. The topological polar surface area (TPSA) is 3.24 Å². The lowest BCUT2D eigenvalue weighted by Gasteiger charge is -2.26. The summed E-state index contributed by atoms with van der Waals surface area (Å²) in [5, 5.41) is 2.74. The maximum atomic E-state index is 2.32. The minimum absolute atomic E-state index is 0.946. The molecule has 0 bridgehead atoms. The van der Waals surface area contributed by atoms with Crippen molar-refractivity contribution >= 4 is 23.9 Å². The van der Waals surface area contributed by atoms with Gasteiger partial charge >= 0.3 is 0 Å². The molecule has 0 unspecified atom stereocenters. The van der Waals surface area contributed by atoms with E-state index in [-0.39, 0.29) is 0 Å². The van der Waals surface area contributed by atoms with E-state index < -0.39 is 0 Å². The van der Waals surface area contributed by atoms with Crippen LogP contribution in [-0.4, -0.2) is 11.4 Å². The first-order chi connectivity index (χ1) is 8.93. The highest BCUT2D eigenvalue weighted by molar-refractivity contribution is 5.76. The van der Waals surface area contributed by atoms with Crippen LogP contribution < -0.4 is 10.4 Å². The Bertz CT molecular complexity index is 758. The van der Waals surface area contributed by atoms with Crippen molar-refractivity contribution in [3.8, 4) is 0 Å². The number of allylic oxidation sites excluding steroid dienone is 5. The van der Waals surface area contributed by atoms with Crippen molar-refractivity contribution in [2.75, 3.05) is 6.54 Å². The largest absolute Gasteiger partial charge is 0.344 e. The summed E-state index contributed by atoms with van der Waals surface area (Å²) in [6, 6.07) is 4.45. The average Bonchev–Trinajstić information content (AvgIpc) is 2.75. The molecular formula is C17H13N. The summed E-state index contributed by atoms with van der Waals surface area (Å²) in [5.74, 6) is 0. The molecule has 0 saturated heterocycles. The van der Waals surface area contributed by atoms with Crippen molar-refractivity contribution in [2.45, 2.75) is 0 Å². The molecule has 0 radical (unpaired) electrons. The van der Waals surface area contributed by atoms with E-state index in [2.05, 4.69) is 71.8 Å². The van der Waals surface area contributed by atoms with Gasteiger partial charge in [-0.25, -0.2) is 0 Å². The number of nitrogens with zero attached hydrogens (tertiary/aromatic N) is 1. The number of fused-ring (bicyclic) bond motifs is 5. The summed E-state index contributed by atoms with van der Waals surface area (Å²) in [6.45, 7) is 0.946. The first kappa shape index (κ1) is 9.72. The standard InChI is InChI=1S/C17H13N/c1-2-7-17-16-9-8-13-5-4-6-14(13)15(16)10-12-18(17)11-3-1/h1-11H,12H2. The lowest BCUT2D eigenvalue weighted by atomic mass is 9.99. The summed E-state index contributed by atoms with van der Waals surface area (Å²) >= 11 is 0. The number of benzene rings is 1. The van der Waals surface area contributed by atoms with Crippen molar-refractivity contribution in [1.29, 1.82) is 0 Å². The third kappa shape index (κ3) is 1.28. The van der Waals surface area contributed by atoms with Crippen LogP contribution in [0.25, 0.3) is 23.9 Å². The van der Waals surface area contributed by atoms with Gasteiger partial charge in [-0.05, 0) is 28.2 Å². The molecule has 1 aliphatic carbocycles. The third-order valence-corrected chi connectivity index (χ3v) is 3.68. The van der Waals surface area contributed by atoms with E-state index >= 15 is 0 Å². The van der Waals surface area contributed by atoms with E-state index in [0.29, 0.717) is 0 Å². The molecule has 3 aliphatic rings. The molecule has 0 N–H and O–H groups in total. The smallest absolute Gasteiger partial charge is 0.0488 e. The molecule has 0 atom stereocenters. The highest BCUT2D eigenvalue weighted by atomic mass is 15.1. The summed E-state index contributed by atoms with van der Waals surface area (Å²) in [6.07, 6.45) is 19.5. The molecule has 0 spiro atoms. The van der Waals surface area contributed by atoms with E-state index in [1.165, 1.54) is 27.3 Å². The minimum Gasteiger partial charge on any atom is -0.344 e. The fourth-order valence-electron chi connectivity index (χ4n) is 2.81. The van der Waals surface area contributed by atoms with E-state index in [1.54, 1.807) is 0 Å². The van der Waals surface area contributed by atoms with Crippen LogP contribution >= 0.6 is 0 Å². The summed E-state index contributed by atoms with van der Waals surface area (Å²) < 4.78 is 0. The van der Waals surface area contributed by atoms with Crippen LogP contribution in [0.2, 0.25) is 0 Å². The lowest BCUT2D eigenvalue weighted by molar-refractivity contribution is 0.600. The Hall–Kier alpha value is -2.28. The van der Waals surface area contributed by atoms with Crippen LogP contribution in [0.15, 0.2) is 48.7 Å². The summed E-state index contributed by atoms with van der Waals surface area (Å²) in [5.41, 5.74) is 3.95. The van der Waals surface area contributed by atoms with Crippen LogP contribution in [-0.2, 0) is 0 Å². The Kier molecular flexibility index (Phi) is 1.95. The SMILES string of the molecule is C1=CC=C2c3ccc4c(c3=CCN2C=C1)=CC=C4. The Balaban J connectivity index is 2.04. The monoisotopic (exact) mass is 231 g/mol. The molecule has 1 aromatic carbocycles. The van der Waals surface area contributed by atoms with E-state index in [4.69, 9.17) is 0 Å². The maximum absolute atomic E-state index is 2.32. The second-order valence-electron chi connectivity index (χ2n) is 4.69. The van der Waals surface area contributed by atoms with Crippen molar-refractivity contribution in [3.05, 3.63) is 70.3 Å². The van der Waals surface area contributed by atoms with Gasteiger partial charge in [0.2, 0.25) is 0 Å². The van der Waals surface area contributed by atoms with Crippen LogP contribution in [0.4, 0.5) is 0 Å². The molecular weight excluding hydrogens is 218 g/mol. The number of rotatable bonds is 0. The van der Waals surface area contributed by atoms with E-state index in [9.17, 15) is 0 Å². The van der Waals surface area contributed by atoms with Crippen LogP contribution in [0.5, 0.6) is 0 Å². The lowest BCUT2D eigenvalue weighted by Crippen LogP contribution is -2.36. The van der Waals surface area contributed by atoms with Crippen LogP contribution in [0, 0.1) is 0 Å². The van der Waals surface area contributed by atoms with Gasteiger partial charge in [0.1, 0.15) is 0 Å². The highest BCUT2D eigenvalue weighted by Crippen LogP contribution is 2.21. The van der Waals surface area contributed by atoms with Crippen LogP contribution in [0.1, 0.15) is 11.1 Å². The predicted octanol–water partition coefficient (Wildman–Crippen LogP) is 2.01. The number of hydrogen-bond donors (Lipinski definition) is 0. The molecule has 2 aliphatic heterocycles. The second-order valence-corrected chi connectivity index (χ2v) is 4.69. The zero-order chi connectivity index (χ0) is 11.9. The van der Waals surface area contributed by atoms with Crippen molar-refractivity contribution in [1.82, 2.24) is 4.90 Å². The molecule has 0 aromatic heterocycles. The Morgan fingerprint density at radius 2 is 1.89 bits per heavy atom. The Labute approximate surface area is 106 Å². The van der Waals surface area contributed by atoms with E-state index in [0.717, 1.165) is 6.54 Å². The summed E-state index contributed by atoms with van der Waals surface area (Å²) in [4.78, 5) is 2.29. The van der Waals surface area contributed by atoms with Gasteiger partial charge in [0.25, 0.3) is 0 Å². The molecule has 0 amide bonds. The van der Waals surface area contributed by atoms with Gasteiger partial charge in [-0.1, -0.05) is 48.6 Å². The fraction of sp³-hybridized carbons (Fsp3) is 0.0588. The van der Waals surface area contributed by atoms with E-state index in [1.807, 2.05) is 0 Å². The molecule has 18 heavy (non-hydrogen) atoms. The fourth-order valence-corrected chi connectivity index (χ4v) is 2.81. The zero-order valence-corrected chi connectivity index (χ0v) is 10.0. The van der Waals surface area contributed by atoms with Crippen molar-refractivity contribution in [2.24, 2.45) is 0 Å². The molecule has 0 saturated carbocycles. The van der Waals surface area contributed by atoms with Gasteiger partial charge < -0.3 is 4.90 Å². The molecule has 2 heterocycles. The second kappa shape index (κ2) is 3.61. The van der Waals surface area contributed by atoms with Crippen molar-refractivity contribution in [3.63, 3.8) is 0 Å². The molecule has 1 nitrogen and oxygen atoms in total. The molecule has 1 aromatic rings. The van der Waals surface area contributed by atoms with Crippen LogP contribution in [0.3, 0.4) is 0 Å². The zero-order valence-electron chi connectivity index (χ0n) is 10.0. The van der Waals surface area contributed by atoms with Gasteiger partial charge in [0.05, 0.1) is 0 Å². The quantitative estimate of drug-likeness (QED) is 0.660. The Morgan fingerprint density at radius 3 is 2.89 bits per heavy atom. The average molecular weight is 231 g/mol.